The molecule has 2 aromatic carbocycles. The highest BCUT2D eigenvalue weighted by Crippen LogP contribution is 2.31. The zero-order chi connectivity index (χ0) is 18.2. The molecular formula is C22H31NO2. The Morgan fingerprint density at radius 2 is 1.80 bits per heavy atom. The van der Waals surface area contributed by atoms with Gasteiger partial charge in [-0.25, -0.2) is 0 Å². The van der Waals surface area contributed by atoms with E-state index >= 15 is 0 Å². The van der Waals surface area contributed by atoms with E-state index in [1.807, 2.05) is 6.07 Å². The Kier molecular flexibility index (Phi) is 7.32. The van der Waals surface area contributed by atoms with Crippen molar-refractivity contribution in [2.24, 2.45) is 5.73 Å². The van der Waals surface area contributed by atoms with E-state index in [1.165, 1.54) is 22.3 Å². The Hall–Kier alpha value is -2.00. The number of rotatable bonds is 9. The molecule has 136 valence electrons. The molecule has 3 heteroatoms. The Bertz CT molecular complexity index is 682. The number of methoxy groups -OCH3 is 1. The molecule has 0 aliphatic carbocycles. The molecule has 2 rings (SSSR count). The molecule has 1 unspecified atom stereocenters. The number of nitrogens with two attached hydrogens (primary N) is 1. The molecule has 0 fully saturated rings. The van der Waals surface area contributed by atoms with E-state index < -0.39 is 0 Å². The molecule has 0 radical (unpaired) electrons. The minimum absolute atomic E-state index is 0.302. The van der Waals surface area contributed by atoms with E-state index in [-0.39, 0.29) is 0 Å². The van der Waals surface area contributed by atoms with Crippen LogP contribution >= 0.6 is 0 Å². The first-order chi connectivity index (χ1) is 12.1. The molecule has 1 atom stereocenters. The summed E-state index contributed by atoms with van der Waals surface area (Å²) in [6.07, 6.45) is 3.06. The van der Waals surface area contributed by atoms with Gasteiger partial charge in [-0.05, 0) is 67.6 Å². The summed E-state index contributed by atoms with van der Waals surface area (Å²) in [5.74, 6) is 1.91. The van der Waals surface area contributed by atoms with Gasteiger partial charge in [0.15, 0.2) is 11.5 Å². The highest BCUT2D eigenvalue weighted by Gasteiger charge is 2.14. The maximum Gasteiger partial charge on any atom is 0.161 e. The van der Waals surface area contributed by atoms with Gasteiger partial charge in [-0.15, -0.1) is 0 Å². The molecule has 0 aliphatic heterocycles. The number of hydrogen-bond donors (Lipinski definition) is 1. The van der Waals surface area contributed by atoms with E-state index in [0.717, 1.165) is 37.4 Å². The topological polar surface area (TPSA) is 44.5 Å². The first kappa shape index (κ1) is 19.3. The molecule has 0 heterocycles. The molecule has 0 aliphatic rings. The zero-order valence-electron chi connectivity index (χ0n) is 16.0. The van der Waals surface area contributed by atoms with Gasteiger partial charge in [0.05, 0.1) is 13.7 Å². The predicted octanol–water partition coefficient (Wildman–Crippen LogP) is 4.78. The van der Waals surface area contributed by atoms with Crippen LogP contribution in [-0.2, 0) is 6.42 Å². The van der Waals surface area contributed by atoms with Crippen molar-refractivity contribution in [1.82, 2.24) is 0 Å². The van der Waals surface area contributed by atoms with Crippen LogP contribution in [0.15, 0.2) is 36.4 Å². The highest BCUT2D eigenvalue weighted by atomic mass is 16.5. The fraction of sp³-hybridized carbons (Fsp3) is 0.455. The molecule has 2 N–H and O–H groups in total. The van der Waals surface area contributed by atoms with Crippen LogP contribution in [0.2, 0.25) is 0 Å². The lowest BCUT2D eigenvalue weighted by Gasteiger charge is -2.18. The van der Waals surface area contributed by atoms with Gasteiger partial charge in [0.2, 0.25) is 0 Å². The summed E-state index contributed by atoms with van der Waals surface area (Å²) in [4.78, 5) is 0. The number of aryl methyl sites for hydroxylation is 2. The Morgan fingerprint density at radius 3 is 2.44 bits per heavy atom. The Balaban J connectivity index is 2.15. The minimum atomic E-state index is 0.302. The summed E-state index contributed by atoms with van der Waals surface area (Å²) >= 11 is 0. The quantitative estimate of drug-likeness (QED) is 0.668. The van der Waals surface area contributed by atoms with Crippen molar-refractivity contribution in [2.45, 2.75) is 46.0 Å². The van der Waals surface area contributed by atoms with Crippen molar-refractivity contribution >= 4 is 0 Å². The van der Waals surface area contributed by atoms with Crippen molar-refractivity contribution in [3.05, 3.63) is 58.7 Å². The fourth-order valence-corrected chi connectivity index (χ4v) is 2.93. The minimum Gasteiger partial charge on any atom is -0.493 e. The molecule has 2 aromatic rings. The molecule has 0 saturated carbocycles. The molecule has 3 nitrogen and oxygen atoms in total. The van der Waals surface area contributed by atoms with E-state index in [4.69, 9.17) is 15.2 Å². The summed E-state index contributed by atoms with van der Waals surface area (Å²) in [5.41, 5.74) is 11.2. The second-order valence-electron chi connectivity index (χ2n) is 6.67. The van der Waals surface area contributed by atoms with Crippen molar-refractivity contribution in [3.63, 3.8) is 0 Å². The second kappa shape index (κ2) is 9.47. The van der Waals surface area contributed by atoms with E-state index in [9.17, 15) is 0 Å². The number of unbranched alkanes of at least 4 members (excludes halogenated alkanes) is 1. The first-order valence-corrected chi connectivity index (χ1v) is 9.16. The van der Waals surface area contributed by atoms with E-state index in [0.29, 0.717) is 12.5 Å². The van der Waals surface area contributed by atoms with Crippen molar-refractivity contribution in [3.8, 4) is 11.5 Å². The second-order valence-corrected chi connectivity index (χ2v) is 6.67. The number of ether oxygens (including phenoxy) is 2. The van der Waals surface area contributed by atoms with Crippen LogP contribution in [0.3, 0.4) is 0 Å². The summed E-state index contributed by atoms with van der Waals surface area (Å²) in [5, 5.41) is 0. The predicted molar refractivity (Wildman–Crippen MR) is 105 cm³/mol. The largest absolute Gasteiger partial charge is 0.493 e. The lowest BCUT2D eigenvalue weighted by molar-refractivity contribution is 0.288. The normalized spacial score (nSPS) is 12.0. The van der Waals surface area contributed by atoms with Crippen LogP contribution in [-0.4, -0.2) is 20.3 Å². The SMILES string of the molecule is CCCCOc1ccc(CC(CN)c2ccc(C)c(C)c2)cc1OC. The number of benzene rings is 2. The van der Waals surface area contributed by atoms with Crippen LogP contribution in [0.4, 0.5) is 0 Å². The Morgan fingerprint density at radius 1 is 1.00 bits per heavy atom. The smallest absolute Gasteiger partial charge is 0.161 e. The maximum atomic E-state index is 6.07. The van der Waals surface area contributed by atoms with Gasteiger partial charge in [-0.3, -0.25) is 0 Å². The molecule has 0 amide bonds. The van der Waals surface area contributed by atoms with Gasteiger partial charge in [0, 0.05) is 5.92 Å². The van der Waals surface area contributed by atoms with Crippen LogP contribution in [0, 0.1) is 13.8 Å². The summed E-state index contributed by atoms with van der Waals surface area (Å²) in [6, 6.07) is 12.8. The average Bonchev–Trinajstić information content (AvgIpc) is 2.63. The van der Waals surface area contributed by atoms with Crippen LogP contribution in [0.5, 0.6) is 11.5 Å². The molecule has 0 saturated heterocycles. The van der Waals surface area contributed by atoms with Gasteiger partial charge >= 0.3 is 0 Å². The average molecular weight is 341 g/mol. The van der Waals surface area contributed by atoms with Gasteiger partial charge < -0.3 is 15.2 Å². The standard InChI is InChI=1S/C22H31NO2/c1-5-6-11-25-21-10-8-18(14-22(21)24-4)13-20(15-23)19-9-7-16(2)17(3)12-19/h7-10,12,14,20H,5-6,11,13,15,23H2,1-4H3. The van der Waals surface area contributed by atoms with Gasteiger partial charge in [-0.1, -0.05) is 37.6 Å². The van der Waals surface area contributed by atoms with Gasteiger partial charge in [0.25, 0.3) is 0 Å². The zero-order valence-corrected chi connectivity index (χ0v) is 16.0. The van der Waals surface area contributed by atoms with E-state index in [2.05, 4.69) is 51.1 Å². The third-order valence-corrected chi connectivity index (χ3v) is 4.75. The molecule has 0 aromatic heterocycles. The maximum absolute atomic E-state index is 6.07. The highest BCUT2D eigenvalue weighted by molar-refractivity contribution is 5.44. The third kappa shape index (κ3) is 5.23. The van der Waals surface area contributed by atoms with Gasteiger partial charge in [0.1, 0.15) is 0 Å². The molecule has 0 bridgehead atoms. The molecule has 25 heavy (non-hydrogen) atoms. The van der Waals surface area contributed by atoms with Crippen LogP contribution < -0.4 is 15.2 Å². The summed E-state index contributed by atoms with van der Waals surface area (Å²) < 4.78 is 11.3. The lowest BCUT2D eigenvalue weighted by Crippen LogP contribution is -2.15. The third-order valence-electron chi connectivity index (χ3n) is 4.75. The molecular weight excluding hydrogens is 310 g/mol. The summed E-state index contributed by atoms with van der Waals surface area (Å²) in [6.45, 7) is 7.79. The van der Waals surface area contributed by atoms with Crippen molar-refractivity contribution in [1.29, 1.82) is 0 Å². The van der Waals surface area contributed by atoms with Crippen LogP contribution in [0.25, 0.3) is 0 Å². The fourth-order valence-electron chi connectivity index (χ4n) is 2.93. The summed E-state index contributed by atoms with van der Waals surface area (Å²) in [7, 11) is 1.69. The monoisotopic (exact) mass is 341 g/mol. The molecule has 0 spiro atoms. The number of hydrogen-bond acceptors (Lipinski definition) is 3. The Labute approximate surface area is 152 Å². The van der Waals surface area contributed by atoms with Gasteiger partial charge in [-0.2, -0.15) is 0 Å². The van der Waals surface area contributed by atoms with Crippen LogP contribution in [0.1, 0.15) is 47.9 Å². The first-order valence-electron chi connectivity index (χ1n) is 9.16. The van der Waals surface area contributed by atoms with Crippen molar-refractivity contribution in [2.75, 3.05) is 20.3 Å². The van der Waals surface area contributed by atoms with Crippen molar-refractivity contribution < 1.29 is 9.47 Å². The van der Waals surface area contributed by atoms with E-state index in [1.54, 1.807) is 7.11 Å². The lowest BCUT2D eigenvalue weighted by atomic mass is 9.90.